The summed E-state index contributed by atoms with van der Waals surface area (Å²) in [5.41, 5.74) is 0.935. The molecule has 1 saturated carbocycles. The summed E-state index contributed by atoms with van der Waals surface area (Å²) in [7, 11) is 0. The van der Waals surface area contributed by atoms with Crippen LogP contribution in [0.5, 0.6) is 11.5 Å². The molecule has 3 heteroatoms. The Morgan fingerprint density at radius 3 is 2.37 bits per heavy atom. The fourth-order valence-corrected chi connectivity index (χ4v) is 3.34. The van der Waals surface area contributed by atoms with Crippen molar-refractivity contribution in [3.63, 3.8) is 0 Å². The Bertz CT molecular complexity index is 413. The Hall–Kier alpha value is -1.22. The Kier molecular flexibility index (Phi) is 4.35. The molecule has 1 aliphatic carbocycles. The number of benzene rings is 1. The summed E-state index contributed by atoms with van der Waals surface area (Å²) in [6.45, 7) is 6.67. The summed E-state index contributed by atoms with van der Waals surface area (Å²) >= 11 is 0. The van der Waals surface area contributed by atoms with E-state index >= 15 is 0 Å². The molecule has 3 nitrogen and oxygen atoms in total. The molecule has 2 rings (SSSR count). The van der Waals surface area contributed by atoms with Crippen molar-refractivity contribution in [1.29, 1.82) is 0 Å². The minimum Gasteiger partial charge on any atom is -0.508 e. The van der Waals surface area contributed by atoms with Crippen LogP contribution in [0, 0.1) is 11.8 Å². The molecule has 0 amide bonds. The van der Waals surface area contributed by atoms with E-state index in [0.29, 0.717) is 12.0 Å². The largest absolute Gasteiger partial charge is 0.508 e. The topological polar surface area (TPSA) is 52.5 Å². The number of hydrogen-bond acceptors (Lipinski definition) is 3. The third kappa shape index (κ3) is 3.21. The molecule has 4 atom stereocenters. The van der Waals surface area contributed by atoms with Crippen molar-refractivity contribution >= 4 is 0 Å². The van der Waals surface area contributed by atoms with Crippen molar-refractivity contribution in [2.45, 2.75) is 52.1 Å². The van der Waals surface area contributed by atoms with Gasteiger partial charge in [-0.1, -0.05) is 20.3 Å². The van der Waals surface area contributed by atoms with Gasteiger partial charge in [0.15, 0.2) is 0 Å². The van der Waals surface area contributed by atoms with E-state index in [2.05, 4.69) is 26.1 Å². The van der Waals surface area contributed by atoms with Crippen molar-refractivity contribution < 1.29 is 10.2 Å². The average Bonchev–Trinajstić information content (AvgIpc) is 2.69. The van der Waals surface area contributed by atoms with Crippen molar-refractivity contribution in [1.82, 2.24) is 5.32 Å². The van der Waals surface area contributed by atoms with E-state index in [1.165, 1.54) is 25.3 Å². The molecular formula is C16H25NO2. The molecule has 106 valence electrons. The second kappa shape index (κ2) is 5.83. The third-order valence-electron chi connectivity index (χ3n) is 4.64. The molecule has 1 aromatic rings. The van der Waals surface area contributed by atoms with Crippen LogP contribution >= 0.6 is 0 Å². The fraction of sp³-hybridized carbons (Fsp3) is 0.625. The molecule has 1 fully saturated rings. The van der Waals surface area contributed by atoms with Crippen LogP contribution in [-0.4, -0.2) is 16.3 Å². The normalized spacial score (nSPS) is 28.5. The SMILES string of the molecule is CCC1CCC(NC(C)c2cc(O)cc(O)c2)C1C. The predicted molar refractivity (Wildman–Crippen MR) is 77.3 cm³/mol. The first-order valence-corrected chi connectivity index (χ1v) is 7.30. The van der Waals surface area contributed by atoms with E-state index in [4.69, 9.17) is 0 Å². The highest BCUT2D eigenvalue weighted by Crippen LogP contribution is 2.35. The minimum absolute atomic E-state index is 0.120. The lowest BCUT2D eigenvalue weighted by atomic mass is 9.93. The lowest BCUT2D eigenvalue weighted by Gasteiger charge is -2.25. The zero-order valence-corrected chi connectivity index (χ0v) is 12.1. The first-order valence-electron chi connectivity index (χ1n) is 7.30. The van der Waals surface area contributed by atoms with Gasteiger partial charge in [-0.25, -0.2) is 0 Å². The van der Waals surface area contributed by atoms with Gasteiger partial charge in [-0.2, -0.15) is 0 Å². The average molecular weight is 263 g/mol. The maximum Gasteiger partial charge on any atom is 0.119 e. The van der Waals surface area contributed by atoms with Crippen molar-refractivity contribution in [3.8, 4) is 11.5 Å². The molecule has 0 aliphatic heterocycles. The Labute approximate surface area is 115 Å². The van der Waals surface area contributed by atoms with Gasteiger partial charge in [0.2, 0.25) is 0 Å². The monoisotopic (exact) mass is 263 g/mol. The maximum atomic E-state index is 9.55. The molecule has 0 heterocycles. The van der Waals surface area contributed by atoms with Crippen LogP contribution in [0.1, 0.15) is 51.6 Å². The molecule has 1 aliphatic rings. The number of phenols is 2. The fourth-order valence-electron chi connectivity index (χ4n) is 3.34. The highest BCUT2D eigenvalue weighted by molar-refractivity contribution is 5.38. The Morgan fingerprint density at radius 1 is 1.21 bits per heavy atom. The second-order valence-corrected chi connectivity index (χ2v) is 5.88. The van der Waals surface area contributed by atoms with E-state index < -0.39 is 0 Å². The smallest absolute Gasteiger partial charge is 0.119 e. The Morgan fingerprint density at radius 2 is 1.84 bits per heavy atom. The number of phenolic OH excluding ortho intramolecular Hbond substituents is 2. The second-order valence-electron chi connectivity index (χ2n) is 5.88. The summed E-state index contributed by atoms with van der Waals surface area (Å²) in [5.74, 6) is 1.75. The maximum absolute atomic E-state index is 9.55. The van der Waals surface area contributed by atoms with Crippen LogP contribution in [0.15, 0.2) is 18.2 Å². The van der Waals surface area contributed by atoms with Crippen molar-refractivity contribution in [2.75, 3.05) is 0 Å². The van der Waals surface area contributed by atoms with Gasteiger partial charge in [-0.15, -0.1) is 0 Å². The minimum atomic E-state index is 0.120. The molecule has 19 heavy (non-hydrogen) atoms. The highest BCUT2D eigenvalue weighted by atomic mass is 16.3. The van der Waals surface area contributed by atoms with E-state index in [1.54, 1.807) is 12.1 Å². The molecule has 0 spiro atoms. The van der Waals surface area contributed by atoms with Crippen molar-refractivity contribution in [3.05, 3.63) is 23.8 Å². The molecule has 3 N–H and O–H groups in total. The highest BCUT2D eigenvalue weighted by Gasteiger charge is 2.32. The number of nitrogens with one attached hydrogen (secondary N) is 1. The van der Waals surface area contributed by atoms with Crippen LogP contribution < -0.4 is 5.32 Å². The first-order chi connectivity index (χ1) is 9.01. The number of rotatable bonds is 4. The summed E-state index contributed by atoms with van der Waals surface area (Å²) in [6, 6.07) is 5.47. The van der Waals surface area contributed by atoms with Crippen LogP contribution in [0.2, 0.25) is 0 Å². The summed E-state index contributed by atoms with van der Waals surface area (Å²) in [6.07, 6.45) is 3.77. The molecule has 0 bridgehead atoms. The zero-order valence-electron chi connectivity index (χ0n) is 12.1. The van der Waals surface area contributed by atoms with Crippen molar-refractivity contribution in [2.24, 2.45) is 11.8 Å². The van der Waals surface area contributed by atoms with Crippen LogP contribution in [0.3, 0.4) is 0 Å². The lowest BCUT2D eigenvalue weighted by Crippen LogP contribution is -2.34. The molecule has 4 unspecified atom stereocenters. The molecule has 1 aromatic carbocycles. The van der Waals surface area contributed by atoms with Gasteiger partial charge < -0.3 is 15.5 Å². The van der Waals surface area contributed by atoms with Crippen LogP contribution in [-0.2, 0) is 0 Å². The van der Waals surface area contributed by atoms with E-state index in [-0.39, 0.29) is 17.5 Å². The van der Waals surface area contributed by atoms with E-state index in [9.17, 15) is 10.2 Å². The predicted octanol–water partition coefficient (Wildman–Crippen LogP) is 3.57. The van der Waals surface area contributed by atoms with Gasteiger partial charge in [-0.3, -0.25) is 0 Å². The van der Waals surface area contributed by atoms with Gasteiger partial charge >= 0.3 is 0 Å². The van der Waals surface area contributed by atoms with Gasteiger partial charge in [0.05, 0.1) is 0 Å². The number of aromatic hydroxyl groups is 2. The number of hydrogen-bond donors (Lipinski definition) is 3. The van der Waals surface area contributed by atoms with Crippen LogP contribution in [0.25, 0.3) is 0 Å². The standard InChI is InChI=1S/C16H25NO2/c1-4-12-5-6-16(10(12)2)17-11(3)13-7-14(18)9-15(19)8-13/h7-12,16-19H,4-6H2,1-3H3. The van der Waals surface area contributed by atoms with Gasteiger partial charge in [0, 0.05) is 18.2 Å². The van der Waals surface area contributed by atoms with Gasteiger partial charge in [-0.05, 0) is 49.3 Å². The lowest BCUT2D eigenvalue weighted by molar-refractivity contribution is 0.326. The molecular weight excluding hydrogens is 238 g/mol. The third-order valence-corrected chi connectivity index (χ3v) is 4.64. The van der Waals surface area contributed by atoms with Gasteiger partial charge in [0.25, 0.3) is 0 Å². The zero-order chi connectivity index (χ0) is 14.0. The summed E-state index contributed by atoms with van der Waals surface area (Å²) in [5, 5.41) is 22.7. The van der Waals surface area contributed by atoms with Gasteiger partial charge in [0.1, 0.15) is 11.5 Å². The van der Waals surface area contributed by atoms with E-state index in [0.717, 1.165) is 11.5 Å². The summed E-state index contributed by atoms with van der Waals surface area (Å²) in [4.78, 5) is 0. The first kappa shape index (κ1) is 14.2. The Balaban J connectivity index is 2.03. The summed E-state index contributed by atoms with van der Waals surface area (Å²) < 4.78 is 0. The quantitative estimate of drug-likeness (QED) is 0.778. The molecule has 0 saturated heterocycles. The molecule has 0 radical (unpaired) electrons. The molecule has 0 aromatic heterocycles. The van der Waals surface area contributed by atoms with E-state index in [1.807, 2.05) is 0 Å². The van der Waals surface area contributed by atoms with Crippen LogP contribution in [0.4, 0.5) is 0 Å².